The maximum atomic E-state index is 12.7. The van der Waals surface area contributed by atoms with Crippen LogP contribution in [0.4, 0.5) is 13.2 Å². The predicted molar refractivity (Wildman–Crippen MR) is 122 cm³/mol. The second-order valence-electron chi connectivity index (χ2n) is 9.23. The Morgan fingerprint density at radius 2 is 1.50 bits per heavy atom. The van der Waals surface area contributed by atoms with E-state index in [1.54, 1.807) is 24.3 Å². The summed E-state index contributed by atoms with van der Waals surface area (Å²) in [5.74, 6) is 0.386. The Kier molecular flexibility index (Phi) is 8.23. The fraction of sp³-hybridized carbons (Fsp3) is 0.462. The van der Waals surface area contributed by atoms with Crippen molar-refractivity contribution in [3.8, 4) is 11.5 Å². The van der Waals surface area contributed by atoms with Crippen LogP contribution < -0.4 is 10.1 Å². The largest absolute Gasteiger partial charge is 0.480 e. The van der Waals surface area contributed by atoms with Crippen molar-refractivity contribution in [3.05, 3.63) is 59.7 Å². The molecule has 0 radical (unpaired) electrons. The van der Waals surface area contributed by atoms with Gasteiger partial charge in [-0.3, -0.25) is 4.79 Å². The molecule has 34 heavy (non-hydrogen) atoms. The van der Waals surface area contributed by atoms with Crippen molar-refractivity contribution < 1.29 is 32.6 Å². The Morgan fingerprint density at radius 1 is 0.971 bits per heavy atom. The van der Waals surface area contributed by atoms with Gasteiger partial charge in [0.2, 0.25) is 5.91 Å². The van der Waals surface area contributed by atoms with Crippen molar-refractivity contribution in [3.63, 3.8) is 0 Å². The molecule has 0 heterocycles. The topological polar surface area (TPSA) is 75.6 Å². The molecule has 0 aromatic heterocycles. The summed E-state index contributed by atoms with van der Waals surface area (Å²) in [4.78, 5) is 24.4. The van der Waals surface area contributed by atoms with Gasteiger partial charge in [-0.2, -0.15) is 13.2 Å². The van der Waals surface area contributed by atoms with Crippen molar-refractivity contribution in [2.45, 2.75) is 58.2 Å². The standard InChI is InChI=1S/C26H30F3NO4/c1-16(2)18-5-7-19(8-6-18)24(31)30-23(25(32)33)15-17-3-11-21(12-4-17)34-22-13-9-20(10-14-22)26(27,28)29/h3-4,9-14,16,18-19,23H,5-8,15H2,1-2H3,(H,30,31)(H,32,33)/t18?,19?,23-/m1/s1. The summed E-state index contributed by atoms with van der Waals surface area (Å²) in [5, 5.41) is 12.3. The number of halogens is 3. The average molecular weight is 478 g/mol. The fourth-order valence-electron chi connectivity index (χ4n) is 4.32. The summed E-state index contributed by atoms with van der Waals surface area (Å²) in [6.45, 7) is 4.37. The molecule has 184 valence electrons. The fourth-order valence-corrected chi connectivity index (χ4v) is 4.32. The number of carboxylic acid groups (broad SMARTS) is 1. The van der Waals surface area contributed by atoms with Crippen LogP contribution in [0, 0.1) is 17.8 Å². The van der Waals surface area contributed by atoms with Gasteiger partial charge >= 0.3 is 12.1 Å². The van der Waals surface area contributed by atoms with Crippen LogP contribution in [0.15, 0.2) is 48.5 Å². The summed E-state index contributed by atoms with van der Waals surface area (Å²) in [6, 6.07) is 9.89. The Labute approximate surface area is 197 Å². The molecule has 2 N–H and O–H groups in total. The van der Waals surface area contributed by atoms with E-state index in [-0.39, 0.29) is 24.0 Å². The van der Waals surface area contributed by atoms with Crippen molar-refractivity contribution in [1.82, 2.24) is 5.32 Å². The third-order valence-corrected chi connectivity index (χ3v) is 6.48. The number of amides is 1. The molecule has 0 bridgehead atoms. The number of carboxylic acids is 1. The predicted octanol–water partition coefficient (Wildman–Crippen LogP) is 6.07. The van der Waals surface area contributed by atoms with E-state index in [9.17, 15) is 27.9 Å². The molecule has 0 unspecified atom stereocenters. The summed E-state index contributed by atoms with van der Waals surface area (Å²) in [6.07, 6.45) is -0.789. The number of carbonyl (C=O) groups is 2. The first-order chi connectivity index (χ1) is 16.0. The van der Waals surface area contributed by atoms with Crippen molar-refractivity contribution >= 4 is 11.9 Å². The van der Waals surface area contributed by atoms with Crippen LogP contribution in [-0.4, -0.2) is 23.0 Å². The minimum atomic E-state index is -4.41. The second-order valence-corrected chi connectivity index (χ2v) is 9.23. The Balaban J connectivity index is 1.56. The van der Waals surface area contributed by atoms with Gasteiger partial charge in [-0.25, -0.2) is 4.79 Å². The minimum absolute atomic E-state index is 0.114. The van der Waals surface area contributed by atoms with E-state index in [1.807, 2.05) is 0 Å². The average Bonchev–Trinajstić information content (AvgIpc) is 2.79. The lowest BCUT2D eigenvalue weighted by Crippen LogP contribution is -2.45. The third-order valence-electron chi connectivity index (χ3n) is 6.48. The molecule has 1 atom stereocenters. The minimum Gasteiger partial charge on any atom is -0.480 e. The highest BCUT2D eigenvalue weighted by Crippen LogP contribution is 2.34. The quantitative estimate of drug-likeness (QED) is 0.484. The van der Waals surface area contributed by atoms with E-state index in [1.165, 1.54) is 12.1 Å². The number of alkyl halides is 3. The number of ether oxygens (including phenoxy) is 1. The Hall–Kier alpha value is -3.03. The molecular weight excluding hydrogens is 447 g/mol. The lowest BCUT2D eigenvalue weighted by molar-refractivity contribution is -0.142. The lowest BCUT2D eigenvalue weighted by atomic mass is 9.76. The van der Waals surface area contributed by atoms with E-state index in [0.717, 1.165) is 37.8 Å². The first-order valence-corrected chi connectivity index (χ1v) is 11.5. The number of hydrogen-bond acceptors (Lipinski definition) is 3. The number of aliphatic carboxylic acids is 1. The van der Waals surface area contributed by atoms with Crippen molar-refractivity contribution in [2.75, 3.05) is 0 Å². The molecule has 0 spiro atoms. The smallest absolute Gasteiger partial charge is 0.416 e. The van der Waals surface area contributed by atoms with Crippen LogP contribution in [0.25, 0.3) is 0 Å². The molecule has 2 aromatic rings. The van der Waals surface area contributed by atoms with Crippen LogP contribution >= 0.6 is 0 Å². The van der Waals surface area contributed by atoms with E-state index in [2.05, 4.69) is 19.2 Å². The van der Waals surface area contributed by atoms with E-state index in [4.69, 9.17) is 4.74 Å². The first kappa shape index (κ1) is 25.6. The van der Waals surface area contributed by atoms with Gasteiger partial charge in [-0.15, -0.1) is 0 Å². The first-order valence-electron chi connectivity index (χ1n) is 11.5. The lowest BCUT2D eigenvalue weighted by Gasteiger charge is -2.30. The van der Waals surface area contributed by atoms with Gasteiger partial charge in [0.25, 0.3) is 0 Å². The maximum Gasteiger partial charge on any atom is 0.416 e. The maximum absolute atomic E-state index is 12.7. The Bertz CT molecular complexity index is 963. The zero-order valence-electron chi connectivity index (χ0n) is 19.3. The van der Waals surface area contributed by atoms with Gasteiger partial charge in [0, 0.05) is 12.3 Å². The van der Waals surface area contributed by atoms with Crippen LogP contribution in [0.5, 0.6) is 11.5 Å². The molecule has 1 amide bonds. The number of benzene rings is 2. The van der Waals surface area contributed by atoms with Crippen LogP contribution in [0.1, 0.15) is 50.7 Å². The highest BCUT2D eigenvalue weighted by molar-refractivity contribution is 5.85. The van der Waals surface area contributed by atoms with E-state index in [0.29, 0.717) is 23.1 Å². The number of nitrogens with one attached hydrogen (secondary N) is 1. The van der Waals surface area contributed by atoms with Crippen LogP contribution in [-0.2, 0) is 22.2 Å². The van der Waals surface area contributed by atoms with Gasteiger partial charge in [0.15, 0.2) is 0 Å². The highest BCUT2D eigenvalue weighted by atomic mass is 19.4. The van der Waals surface area contributed by atoms with E-state index >= 15 is 0 Å². The molecule has 0 saturated heterocycles. The molecular formula is C26H30F3NO4. The van der Waals surface area contributed by atoms with Gasteiger partial charge < -0.3 is 15.2 Å². The zero-order chi connectivity index (χ0) is 24.9. The molecule has 1 fully saturated rings. The monoisotopic (exact) mass is 477 g/mol. The third kappa shape index (κ3) is 6.98. The second kappa shape index (κ2) is 10.9. The number of carbonyl (C=O) groups excluding carboxylic acids is 1. The van der Waals surface area contributed by atoms with E-state index < -0.39 is 23.8 Å². The zero-order valence-corrected chi connectivity index (χ0v) is 19.3. The van der Waals surface area contributed by atoms with Crippen LogP contribution in [0.3, 0.4) is 0 Å². The molecule has 0 aliphatic heterocycles. The summed E-state index contributed by atoms with van der Waals surface area (Å²) >= 11 is 0. The van der Waals surface area contributed by atoms with Crippen molar-refractivity contribution in [1.29, 1.82) is 0 Å². The van der Waals surface area contributed by atoms with Gasteiger partial charge in [0.05, 0.1) is 5.56 Å². The van der Waals surface area contributed by atoms with Gasteiger partial charge in [-0.1, -0.05) is 26.0 Å². The highest BCUT2D eigenvalue weighted by Gasteiger charge is 2.31. The normalized spacial score (nSPS) is 19.5. The molecule has 2 aromatic carbocycles. The summed E-state index contributed by atoms with van der Waals surface area (Å²) < 4.78 is 43.6. The Morgan fingerprint density at radius 3 is 1.97 bits per heavy atom. The molecule has 5 nitrogen and oxygen atoms in total. The molecule has 1 saturated carbocycles. The summed E-state index contributed by atoms with van der Waals surface area (Å²) in [5.41, 5.74) is -0.0686. The molecule has 1 aliphatic rings. The number of hydrogen-bond donors (Lipinski definition) is 2. The van der Waals surface area contributed by atoms with Crippen LogP contribution in [0.2, 0.25) is 0 Å². The van der Waals surface area contributed by atoms with Gasteiger partial charge in [0.1, 0.15) is 17.5 Å². The number of rotatable bonds is 8. The molecule has 3 rings (SSSR count). The SMILES string of the molecule is CC(C)C1CCC(C(=O)N[C@H](Cc2ccc(Oc3ccc(C(F)(F)F)cc3)cc2)C(=O)O)CC1. The van der Waals surface area contributed by atoms with Gasteiger partial charge in [-0.05, 0) is 79.5 Å². The molecule has 8 heteroatoms. The summed E-state index contributed by atoms with van der Waals surface area (Å²) in [7, 11) is 0. The van der Waals surface area contributed by atoms with Crippen molar-refractivity contribution in [2.24, 2.45) is 17.8 Å². The molecule has 1 aliphatic carbocycles.